The number of anilines is 1. The Morgan fingerprint density at radius 2 is 1.74 bits per heavy atom. The molecular weight excluding hydrogens is 495 g/mol. The molecule has 2 saturated carbocycles. The van der Waals surface area contributed by atoms with E-state index in [1.165, 1.54) is 19.2 Å². The van der Waals surface area contributed by atoms with Crippen LogP contribution in [0.1, 0.15) is 36.0 Å². The van der Waals surface area contributed by atoms with E-state index in [2.05, 4.69) is 5.32 Å². The van der Waals surface area contributed by atoms with E-state index in [9.17, 15) is 31.5 Å². The standard InChI is InChI=1S/C23H23ClF3NO5S/c1-33-23(11-29)9-13-2-3-14(10-23)21(13)34(31,32)19-6-12(4-5-16(19)24)22(30)28-15-7-17(25)20(27)18(26)8-15/h4-8,13-14,21,29H,2-3,9-11H2,1H3,(H,28,30)/t13-,14?,21?,23?/m0/s1. The van der Waals surface area contributed by atoms with Gasteiger partial charge in [0.05, 0.1) is 27.4 Å². The van der Waals surface area contributed by atoms with E-state index < -0.39 is 44.0 Å². The minimum Gasteiger partial charge on any atom is -0.393 e. The van der Waals surface area contributed by atoms with Crippen LogP contribution in [0.25, 0.3) is 0 Å². The Morgan fingerprint density at radius 1 is 1.15 bits per heavy atom. The summed E-state index contributed by atoms with van der Waals surface area (Å²) in [5.74, 6) is -5.94. The smallest absolute Gasteiger partial charge is 0.255 e. The van der Waals surface area contributed by atoms with Gasteiger partial charge in [0.25, 0.3) is 5.91 Å². The Kier molecular flexibility index (Phi) is 6.71. The summed E-state index contributed by atoms with van der Waals surface area (Å²) in [6, 6.07) is 4.92. The molecule has 2 aromatic carbocycles. The first-order chi connectivity index (χ1) is 16.0. The van der Waals surface area contributed by atoms with Crippen molar-refractivity contribution in [3.05, 3.63) is 58.4 Å². The second kappa shape index (κ2) is 9.14. The predicted molar refractivity (Wildman–Crippen MR) is 119 cm³/mol. The molecule has 6 nitrogen and oxygen atoms in total. The molecule has 0 saturated heterocycles. The van der Waals surface area contributed by atoms with E-state index in [1.807, 2.05) is 0 Å². The Balaban J connectivity index is 1.63. The van der Waals surface area contributed by atoms with E-state index in [-0.39, 0.29) is 39.6 Å². The van der Waals surface area contributed by atoms with Crippen molar-refractivity contribution in [1.29, 1.82) is 0 Å². The zero-order valence-electron chi connectivity index (χ0n) is 18.2. The number of aliphatic hydroxyl groups is 1. The van der Waals surface area contributed by atoms with Crippen LogP contribution in [-0.2, 0) is 14.6 Å². The van der Waals surface area contributed by atoms with Crippen LogP contribution < -0.4 is 5.32 Å². The van der Waals surface area contributed by atoms with Gasteiger partial charge in [0, 0.05) is 30.5 Å². The zero-order chi connectivity index (χ0) is 24.8. The number of rotatable bonds is 6. The molecule has 4 atom stereocenters. The number of benzene rings is 2. The molecule has 0 radical (unpaired) electrons. The summed E-state index contributed by atoms with van der Waals surface area (Å²) >= 11 is 6.23. The van der Waals surface area contributed by atoms with Gasteiger partial charge < -0.3 is 15.2 Å². The maximum atomic E-state index is 13.7. The number of hydrogen-bond donors (Lipinski definition) is 2. The van der Waals surface area contributed by atoms with Gasteiger partial charge in [0.15, 0.2) is 27.3 Å². The van der Waals surface area contributed by atoms with Crippen LogP contribution in [0.3, 0.4) is 0 Å². The van der Waals surface area contributed by atoms with Gasteiger partial charge in [0.2, 0.25) is 0 Å². The van der Waals surface area contributed by atoms with Crippen LogP contribution >= 0.6 is 11.6 Å². The fraction of sp³-hybridized carbons (Fsp3) is 0.435. The maximum absolute atomic E-state index is 13.7. The fourth-order valence-corrected chi connectivity index (χ4v) is 8.17. The average Bonchev–Trinajstić information content (AvgIpc) is 3.09. The predicted octanol–water partition coefficient (Wildman–Crippen LogP) is 4.35. The molecule has 2 fully saturated rings. The summed E-state index contributed by atoms with van der Waals surface area (Å²) in [6.45, 7) is -0.204. The van der Waals surface area contributed by atoms with Crippen molar-refractivity contribution in [2.75, 3.05) is 19.0 Å². The quantitative estimate of drug-likeness (QED) is 0.556. The zero-order valence-corrected chi connectivity index (χ0v) is 19.7. The lowest BCUT2D eigenvalue weighted by molar-refractivity contribution is -0.0903. The normalized spacial score (nSPS) is 26.5. The maximum Gasteiger partial charge on any atom is 0.255 e. The average molecular weight is 518 g/mol. The Morgan fingerprint density at radius 3 is 2.26 bits per heavy atom. The molecule has 184 valence electrons. The molecule has 2 aliphatic rings. The van der Waals surface area contributed by atoms with Gasteiger partial charge in [-0.1, -0.05) is 11.6 Å². The molecular formula is C23H23ClF3NO5S. The topological polar surface area (TPSA) is 92.7 Å². The molecule has 2 aliphatic carbocycles. The second-order valence-corrected chi connectivity index (χ2v) is 11.4. The summed E-state index contributed by atoms with van der Waals surface area (Å²) in [6.07, 6.45) is 2.11. The third kappa shape index (κ3) is 4.32. The molecule has 0 spiro atoms. The highest BCUT2D eigenvalue weighted by molar-refractivity contribution is 7.92. The molecule has 2 bridgehead atoms. The number of hydrogen-bond acceptors (Lipinski definition) is 5. The molecule has 34 heavy (non-hydrogen) atoms. The van der Waals surface area contributed by atoms with Crippen LogP contribution in [-0.4, -0.2) is 44.0 Å². The number of halogens is 4. The summed E-state index contributed by atoms with van der Waals surface area (Å²) in [5.41, 5.74) is -1.20. The number of amides is 1. The highest BCUT2D eigenvalue weighted by Crippen LogP contribution is 2.52. The van der Waals surface area contributed by atoms with Gasteiger partial charge in [-0.25, -0.2) is 21.6 Å². The third-order valence-electron chi connectivity index (χ3n) is 6.93. The molecule has 0 heterocycles. The van der Waals surface area contributed by atoms with Gasteiger partial charge in [-0.2, -0.15) is 0 Å². The van der Waals surface area contributed by atoms with Crippen LogP contribution in [0.15, 0.2) is 35.2 Å². The Hall–Kier alpha value is -2.14. The minimum absolute atomic E-state index is 0.0550. The van der Waals surface area contributed by atoms with Crippen molar-refractivity contribution in [3.8, 4) is 0 Å². The number of fused-ring (bicyclic) bond motifs is 2. The molecule has 11 heteroatoms. The summed E-state index contributed by atoms with van der Waals surface area (Å²) in [7, 11) is -2.46. The number of carbonyl (C=O) groups is 1. The van der Waals surface area contributed by atoms with Crippen molar-refractivity contribution in [1.82, 2.24) is 0 Å². The first-order valence-electron chi connectivity index (χ1n) is 10.7. The van der Waals surface area contributed by atoms with Crippen LogP contribution in [0, 0.1) is 29.3 Å². The second-order valence-electron chi connectivity index (χ2n) is 8.91. The number of aliphatic hydroxyl groups excluding tert-OH is 1. The van der Waals surface area contributed by atoms with Crippen molar-refractivity contribution in [2.45, 2.75) is 41.4 Å². The van der Waals surface area contributed by atoms with Crippen molar-refractivity contribution >= 4 is 33.0 Å². The Bertz CT molecular complexity index is 1200. The van der Waals surface area contributed by atoms with Crippen LogP contribution in [0.5, 0.6) is 0 Å². The van der Waals surface area contributed by atoms with Gasteiger partial charge in [0.1, 0.15) is 0 Å². The lowest BCUT2D eigenvalue weighted by atomic mass is 9.77. The van der Waals surface area contributed by atoms with Gasteiger partial charge >= 0.3 is 0 Å². The number of sulfone groups is 1. The van der Waals surface area contributed by atoms with Crippen molar-refractivity contribution in [3.63, 3.8) is 0 Å². The first kappa shape index (κ1) is 25.0. The highest BCUT2D eigenvalue weighted by atomic mass is 35.5. The van der Waals surface area contributed by atoms with E-state index in [0.717, 1.165) is 6.07 Å². The molecule has 2 N–H and O–H groups in total. The van der Waals surface area contributed by atoms with Gasteiger partial charge in [-0.05, 0) is 55.7 Å². The Labute approximate surface area is 200 Å². The van der Waals surface area contributed by atoms with E-state index in [4.69, 9.17) is 16.3 Å². The number of ether oxygens (including phenoxy) is 1. The van der Waals surface area contributed by atoms with Gasteiger partial charge in [-0.3, -0.25) is 4.79 Å². The molecule has 4 rings (SSSR count). The largest absolute Gasteiger partial charge is 0.393 e. The highest BCUT2D eigenvalue weighted by Gasteiger charge is 2.54. The molecule has 0 aromatic heterocycles. The van der Waals surface area contributed by atoms with Crippen molar-refractivity contribution < 1.29 is 36.2 Å². The summed E-state index contributed by atoms with van der Waals surface area (Å²) in [5, 5.41) is 11.3. The number of carbonyl (C=O) groups excluding carboxylic acids is 1. The minimum atomic E-state index is -3.96. The van der Waals surface area contributed by atoms with E-state index in [0.29, 0.717) is 37.8 Å². The lowest BCUT2D eigenvalue weighted by Crippen LogP contribution is -2.49. The van der Waals surface area contributed by atoms with Gasteiger partial charge in [-0.15, -0.1) is 0 Å². The summed E-state index contributed by atoms with van der Waals surface area (Å²) < 4.78 is 73.0. The summed E-state index contributed by atoms with van der Waals surface area (Å²) in [4.78, 5) is 12.4. The lowest BCUT2D eigenvalue weighted by Gasteiger charge is -2.42. The number of methoxy groups -OCH3 is 1. The molecule has 0 aliphatic heterocycles. The fourth-order valence-electron chi connectivity index (χ4n) is 5.32. The number of nitrogens with one attached hydrogen (secondary N) is 1. The van der Waals surface area contributed by atoms with Crippen LogP contribution in [0.4, 0.5) is 18.9 Å². The molecule has 1 amide bonds. The van der Waals surface area contributed by atoms with E-state index in [1.54, 1.807) is 0 Å². The molecule has 3 unspecified atom stereocenters. The third-order valence-corrected chi connectivity index (χ3v) is 9.81. The monoisotopic (exact) mass is 517 g/mol. The molecule has 2 aromatic rings. The van der Waals surface area contributed by atoms with Crippen molar-refractivity contribution in [2.24, 2.45) is 11.8 Å². The first-order valence-corrected chi connectivity index (χ1v) is 12.6. The SMILES string of the molecule is COC1(CO)CC2CC[C@@H](C1)C2S(=O)(=O)c1cc(C(=O)Nc2cc(F)c(F)c(F)c2)ccc1Cl. The van der Waals surface area contributed by atoms with E-state index >= 15 is 0 Å². The van der Waals surface area contributed by atoms with Crippen LogP contribution in [0.2, 0.25) is 5.02 Å².